The molecule has 0 spiro atoms. The fourth-order valence-electron chi connectivity index (χ4n) is 4.41. The van der Waals surface area contributed by atoms with Crippen molar-refractivity contribution in [2.24, 2.45) is 16.5 Å². The number of hydrogen-bond acceptors (Lipinski definition) is 7. The van der Waals surface area contributed by atoms with Gasteiger partial charge in [-0.1, -0.05) is 18.2 Å². The number of amides is 3. The molecular weight excluding hydrogens is 508 g/mol. The first-order valence-corrected chi connectivity index (χ1v) is 12.8. The minimum absolute atomic E-state index is 0.0188. The van der Waals surface area contributed by atoms with Crippen molar-refractivity contribution in [3.8, 4) is 0 Å². The van der Waals surface area contributed by atoms with E-state index in [1.165, 1.54) is 0 Å². The smallest absolute Gasteiger partial charge is 0.326 e. The van der Waals surface area contributed by atoms with Gasteiger partial charge in [-0.05, 0) is 43.9 Å². The van der Waals surface area contributed by atoms with E-state index in [4.69, 9.17) is 11.5 Å². The molecule has 4 atom stereocenters. The number of carbonyl (C=O) groups is 4. The van der Waals surface area contributed by atoms with Crippen molar-refractivity contribution in [2.45, 2.75) is 56.3 Å². The lowest BCUT2D eigenvalue weighted by Gasteiger charge is -2.24. The van der Waals surface area contributed by atoms with Crippen LogP contribution in [0.25, 0.3) is 10.9 Å². The fourth-order valence-corrected chi connectivity index (χ4v) is 4.41. The number of benzene rings is 1. The minimum Gasteiger partial charge on any atom is -0.480 e. The van der Waals surface area contributed by atoms with E-state index < -0.39 is 48.6 Å². The molecule has 3 amide bonds. The number of fused-ring (bicyclic) bond motifs is 1. The minimum atomic E-state index is -1.44. The second kappa shape index (κ2) is 14.1. The summed E-state index contributed by atoms with van der Waals surface area (Å²) < 4.78 is 0. The molecule has 14 nitrogen and oxygen atoms in total. The zero-order valence-electron chi connectivity index (χ0n) is 21.5. The molecule has 2 aromatic rings. The van der Waals surface area contributed by atoms with E-state index in [9.17, 15) is 29.4 Å². The van der Waals surface area contributed by atoms with Crippen LogP contribution in [-0.2, 0) is 25.6 Å². The number of guanidine groups is 1. The second-order valence-corrected chi connectivity index (χ2v) is 9.37. The van der Waals surface area contributed by atoms with Crippen LogP contribution in [0.15, 0.2) is 35.5 Å². The summed E-state index contributed by atoms with van der Waals surface area (Å²) in [6.45, 7) is 0.132. The van der Waals surface area contributed by atoms with Crippen molar-refractivity contribution in [3.05, 3.63) is 36.0 Å². The van der Waals surface area contributed by atoms with Crippen molar-refractivity contribution in [2.75, 3.05) is 19.7 Å². The van der Waals surface area contributed by atoms with Crippen LogP contribution >= 0.6 is 0 Å². The van der Waals surface area contributed by atoms with Crippen molar-refractivity contribution in [1.29, 1.82) is 0 Å². The number of para-hydroxylation sites is 1. The Morgan fingerprint density at radius 2 is 1.77 bits per heavy atom. The number of carboxylic acid groups (broad SMARTS) is 1. The Hall–Kier alpha value is -4.17. The van der Waals surface area contributed by atoms with Gasteiger partial charge >= 0.3 is 5.97 Å². The summed E-state index contributed by atoms with van der Waals surface area (Å²) in [5.41, 5.74) is 12.2. The molecular formula is C25H36N8O6. The average Bonchev–Trinajstić information content (AvgIpc) is 3.59. The molecule has 212 valence electrons. The van der Waals surface area contributed by atoms with Crippen molar-refractivity contribution >= 4 is 40.6 Å². The highest BCUT2D eigenvalue weighted by molar-refractivity contribution is 5.94. The molecule has 0 aliphatic carbocycles. The lowest BCUT2D eigenvalue weighted by Crippen LogP contribution is -2.58. The summed E-state index contributed by atoms with van der Waals surface area (Å²) in [5, 5.41) is 30.9. The van der Waals surface area contributed by atoms with Gasteiger partial charge in [-0.15, -0.1) is 0 Å². The lowest BCUT2D eigenvalue weighted by atomic mass is 10.0. The molecule has 1 aromatic heterocycles. The van der Waals surface area contributed by atoms with Gasteiger partial charge in [-0.25, -0.2) is 4.79 Å². The van der Waals surface area contributed by atoms with Gasteiger partial charge in [0.1, 0.15) is 18.1 Å². The summed E-state index contributed by atoms with van der Waals surface area (Å²) >= 11 is 0. The standard InChI is InChI=1S/C25H36N8O6/c26-25(27)29-10-4-8-18(31-21(35)17-7-3-9-28-17)22(36)33-20(13-34)23(37)32-19(24(38)39)11-14-12-30-16-6-2-1-5-15(14)16/h1-2,5-6,12,17-20,28,30,34H,3-4,7-11,13H2,(H,31,35)(H,32,37)(H,33,36)(H,38,39)(H4,26,27,29). The number of H-pyrrole nitrogens is 1. The van der Waals surface area contributed by atoms with Crippen LogP contribution in [-0.4, -0.2) is 88.7 Å². The molecule has 4 unspecified atom stereocenters. The van der Waals surface area contributed by atoms with E-state index in [0.29, 0.717) is 24.9 Å². The summed E-state index contributed by atoms with van der Waals surface area (Å²) in [6.07, 6.45) is 3.63. The third kappa shape index (κ3) is 8.41. The Labute approximate surface area is 225 Å². The van der Waals surface area contributed by atoms with Gasteiger partial charge in [-0.2, -0.15) is 0 Å². The van der Waals surface area contributed by atoms with E-state index in [-0.39, 0.29) is 31.3 Å². The quantitative estimate of drug-likeness (QED) is 0.0728. The van der Waals surface area contributed by atoms with E-state index in [2.05, 4.69) is 31.2 Å². The Bertz CT molecular complexity index is 1190. The van der Waals surface area contributed by atoms with Gasteiger partial charge in [-0.3, -0.25) is 19.4 Å². The summed E-state index contributed by atoms with van der Waals surface area (Å²) in [5.74, 6) is -3.31. The first-order chi connectivity index (χ1) is 18.7. The molecule has 1 aromatic carbocycles. The van der Waals surface area contributed by atoms with Crippen molar-refractivity contribution in [1.82, 2.24) is 26.3 Å². The van der Waals surface area contributed by atoms with E-state index in [1.54, 1.807) is 6.20 Å². The van der Waals surface area contributed by atoms with Crippen LogP contribution in [0.2, 0.25) is 0 Å². The van der Waals surface area contributed by atoms with Crippen LogP contribution in [0.3, 0.4) is 0 Å². The number of aliphatic hydroxyl groups is 1. The highest BCUT2D eigenvalue weighted by Gasteiger charge is 2.31. The van der Waals surface area contributed by atoms with Gasteiger partial charge in [0.2, 0.25) is 17.7 Å². The van der Waals surface area contributed by atoms with Gasteiger partial charge in [0.05, 0.1) is 12.6 Å². The Balaban J connectivity index is 1.65. The molecule has 39 heavy (non-hydrogen) atoms. The first kappa shape index (κ1) is 29.4. The van der Waals surface area contributed by atoms with Crippen molar-refractivity contribution < 1.29 is 29.4 Å². The van der Waals surface area contributed by atoms with E-state index in [1.807, 2.05) is 24.3 Å². The number of hydrogen-bond donors (Lipinski definition) is 9. The Morgan fingerprint density at radius 3 is 2.44 bits per heavy atom. The maximum Gasteiger partial charge on any atom is 0.326 e. The average molecular weight is 545 g/mol. The largest absolute Gasteiger partial charge is 0.480 e. The monoisotopic (exact) mass is 544 g/mol. The number of carbonyl (C=O) groups excluding carboxylic acids is 3. The molecule has 1 fully saturated rings. The number of nitrogens with one attached hydrogen (secondary N) is 5. The number of aromatic nitrogens is 1. The molecule has 0 radical (unpaired) electrons. The Morgan fingerprint density at radius 1 is 1.05 bits per heavy atom. The molecule has 14 heteroatoms. The molecule has 1 saturated heterocycles. The SMILES string of the molecule is NC(N)=NCCCC(NC(=O)C1CCCN1)C(=O)NC(CO)C(=O)NC(Cc1c[nH]c2ccccc12)C(=O)O. The highest BCUT2D eigenvalue weighted by Crippen LogP contribution is 2.19. The van der Waals surface area contributed by atoms with Crippen LogP contribution < -0.4 is 32.7 Å². The zero-order valence-corrected chi connectivity index (χ0v) is 21.5. The van der Waals surface area contributed by atoms with Crippen LogP contribution in [0.1, 0.15) is 31.2 Å². The van der Waals surface area contributed by atoms with Crippen molar-refractivity contribution in [3.63, 3.8) is 0 Å². The molecule has 1 aliphatic heterocycles. The number of aliphatic imine (C=N–C) groups is 1. The number of aliphatic carboxylic acids is 1. The van der Waals surface area contributed by atoms with Gasteiger partial charge < -0.3 is 47.9 Å². The molecule has 3 rings (SSSR count). The number of nitrogens with zero attached hydrogens (tertiary/aromatic N) is 1. The fraction of sp³-hybridized carbons (Fsp3) is 0.480. The van der Waals surface area contributed by atoms with E-state index >= 15 is 0 Å². The molecule has 0 bridgehead atoms. The number of carboxylic acids is 1. The maximum atomic E-state index is 13.1. The lowest BCUT2D eigenvalue weighted by molar-refractivity contribution is -0.142. The molecule has 11 N–H and O–H groups in total. The molecule has 1 aliphatic rings. The number of aliphatic hydroxyl groups excluding tert-OH is 1. The highest BCUT2D eigenvalue weighted by atomic mass is 16.4. The van der Waals surface area contributed by atoms with Gasteiger partial charge in [0.25, 0.3) is 0 Å². The van der Waals surface area contributed by atoms with Crippen LogP contribution in [0.4, 0.5) is 0 Å². The topological polar surface area (TPSA) is 237 Å². The zero-order chi connectivity index (χ0) is 28.4. The number of aromatic amines is 1. The van der Waals surface area contributed by atoms with Gasteiger partial charge in [0.15, 0.2) is 5.96 Å². The summed E-state index contributed by atoms with van der Waals surface area (Å²) in [4.78, 5) is 57.5. The second-order valence-electron chi connectivity index (χ2n) is 9.37. The number of rotatable bonds is 14. The first-order valence-electron chi connectivity index (χ1n) is 12.8. The molecule has 0 saturated carbocycles. The Kier molecular flexibility index (Phi) is 10.6. The predicted molar refractivity (Wildman–Crippen MR) is 143 cm³/mol. The third-order valence-corrected chi connectivity index (χ3v) is 6.48. The summed E-state index contributed by atoms with van der Waals surface area (Å²) in [6, 6.07) is 3.12. The van der Waals surface area contributed by atoms with Crippen LogP contribution in [0, 0.1) is 0 Å². The normalized spacial score (nSPS) is 17.1. The summed E-state index contributed by atoms with van der Waals surface area (Å²) in [7, 11) is 0. The maximum absolute atomic E-state index is 13.1. The predicted octanol–water partition coefficient (Wildman–Crippen LogP) is -1.95. The van der Waals surface area contributed by atoms with Crippen LogP contribution in [0.5, 0.6) is 0 Å². The van der Waals surface area contributed by atoms with E-state index in [0.717, 1.165) is 17.3 Å². The third-order valence-electron chi connectivity index (χ3n) is 6.48. The molecule has 2 heterocycles. The number of nitrogens with two attached hydrogens (primary N) is 2. The van der Waals surface area contributed by atoms with Gasteiger partial charge in [0, 0.05) is 30.1 Å².